The van der Waals surface area contributed by atoms with Gasteiger partial charge >= 0.3 is 0 Å². The van der Waals surface area contributed by atoms with Crippen LogP contribution in [0.5, 0.6) is 5.75 Å². The topological polar surface area (TPSA) is 26.3 Å². The van der Waals surface area contributed by atoms with Crippen molar-refractivity contribution in [1.29, 1.82) is 0 Å². The Balaban J connectivity index is 3.28. The zero-order chi connectivity index (χ0) is 10.0. The molecule has 13 heavy (non-hydrogen) atoms. The molecule has 0 unspecified atom stereocenters. The Kier molecular flexibility index (Phi) is 3.09. The maximum absolute atomic E-state index is 11.1. The van der Waals surface area contributed by atoms with Crippen LogP contribution in [0.4, 0.5) is 0 Å². The summed E-state index contributed by atoms with van der Waals surface area (Å²) < 4.78 is 5.05. The van der Waals surface area contributed by atoms with Gasteiger partial charge in [-0.25, -0.2) is 0 Å². The summed E-state index contributed by atoms with van der Waals surface area (Å²) in [5.41, 5.74) is 2.58. The van der Waals surface area contributed by atoms with E-state index in [1.807, 2.05) is 26.0 Å². The van der Waals surface area contributed by atoms with Gasteiger partial charge in [0.1, 0.15) is 5.75 Å². The molecule has 2 nitrogen and oxygen atoms in total. The Morgan fingerprint density at radius 3 is 2.38 bits per heavy atom. The van der Waals surface area contributed by atoms with Crippen molar-refractivity contribution >= 4 is 20.6 Å². The van der Waals surface area contributed by atoms with Gasteiger partial charge in [-0.1, -0.05) is 0 Å². The monoisotopic (exact) mass is 242 g/mol. The first-order valence-corrected chi connectivity index (χ1v) is 4.70. The van der Waals surface area contributed by atoms with E-state index in [9.17, 15) is 4.79 Å². The van der Waals surface area contributed by atoms with Gasteiger partial charge in [0, 0.05) is 5.56 Å². The molecule has 0 heterocycles. The van der Waals surface area contributed by atoms with Crippen LogP contribution < -0.4 is 4.74 Å². The minimum Gasteiger partial charge on any atom is -0.496 e. The van der Waals surface area contributed by atoms with E-state index in [-0.39, 0.29) is 4.69 Å². The first-order valence-electron chi connectivity index (χ1n) is 3.91. The fraction of sp³-hybridized carbons (Fsp3) is 0.300. The molecule has 0 aliphatic carbocycles. The molecule has 1 rings (SSSR count). The lowest BCUT2D eigenvalue weighted by Crippen LogP contribution is -1.96. The molecule has 1 aromatic carbocycles. The van der Waals surface area contributed by atoms with Gasteiger partial charge in [-0.3, -0.25) is 4.79 Å². The van der Waals surface area contributed by atoms with Crippen molar-refractivity contribution in [2.75, 3.05) is 7.11 Å². The van der Waals surface area contributed by atoms with Crippen molar-refractivity contribution in [2.45, 2.75) is 13.8 Å². The van der Waals surface area contributed by atoms with Crippen molar-refractivity contribution in [1.82, 2.24) is 0 Å². The van der Waals surface area contributed by atoms with E-state index in [4.69, 9.17) is 4.74 Å². The van der Waals surface area contributed by atoms with Gasteiger partial charge in [-0.2, -0.15) is 0 Å². The number of benzene rings is 1. The molecule has 0 aliphatic heterocycles. The minimum absolute atomic E-state index is 0.0873. The molecular formula is C10H11BrO2. The van der Waals surface area contributed by atoms with Gasteiger partial charge in [-0.15, -0.1) is 0 Å². The van der Waals surface area contributed by atoms with E-state index >= 15 is 0 Å². The summed E-state index contributed by atoms with van der Waals surface area (Å²) in [6.45, 7) is 3.80. The van der Waals surface area contributed by atoms with Crippen molar-refractivity contribution in [2.24, 2.45) is 0 Å². The largest absolute Gasteiger partial charge is 0.496 e. The molecular weight excluding hydrogens is 232 g/mol. The number of hydrogen-bond acceptors (Lipinski definition) is 2. The minimum atomic E-state index is -0.0873. The molecule has 0 aliphatic rings. The molecule has 0 saturated heterocycles. The molecule has 0 atom stereocenters. The first kappa shape index (κ1) is 10.3. The normalized spacial score (nSPS) is 9.85. The number of hydrogen-bond donors (Lipinski definition) is 0. The van der Waals surface area contributed by atoms with Gasteiger partial charge in [0.05, 0.1) is 7.11 Å². The third kappa shape index (κ3) is 2.10. The van der Waals surface area contributed by atoms with E-state index in [2.05, 4.69) is 15.9 Å². The average Bonchev–Trinajstić information content (AvgIpc) is 2.07. The number of carbonyl (C=O) groups is 1. The lowest BCUT2D eigenvalue weighted by Gasteiger charge is -2.08. The molecule has 0 fully saturated rings. The lowest BCUT2D eigenvalue weighted by molar-refractivity contribution is 0.109. The molecule has 0 N–H and O–H groups in total. The highest BCUT2D eigenvalue weighted by Crippen LogP contribution is 2.23. The fourth-order valence-electron chi connectivity index (χ4n) is 1.22. The number of halogens is 1. The highest BCUT2D eigenvalue weighted by molar-refractivity contribution is 9.18. The Morgan fingerprint density at radius 1 is 1.31 bits per heavy atom. The average molecular weight is 243 g/mol. The van der Waals surface area contributed by atoms with Crippen molar-refractivity contribution < 1.29 is 9.53 Å². The van der Waals surface area contributed by atoms with Crippen LogP contribution in [0.1, 0.15) is 21.5 Å². The van der Waals surface area contributed by atoms with Crippen LogP contribution in [-0.2, 0) is 0 Å². The third-order valence-electron chi connectivity index (χ3n) is 1.95. The van der Waals surface area contributed by atoms with Crippen molar-refractivity contribution in [3.8, 4) is 5.75 Å². The summed E-state index contributed by atoms with van der Waals surface area (Å²) in [6, 6.07) is 3.69. The molecule has 0 bridgehead atoms. The van der Waals surface area contributed by atoms with Crippen LogP contribution in [0.25, 0.3) is 0 Å². The molecule has 70 valence electrons. The Morgan fingerprint density at radius 2 is 1.92 bits per heavy atom. The summed E-state index contributed by atoms with van der Waals surface area (Å²) >= 11 is 2.93. The smallest absolute Gasteiger partial charge is 0.228 e. The lowest BCUT2D eigenvalue weighted by atomic mass is 10.1. The van der Waals surface area contributed by atoms with E-state index in [1.165, 1.54) is 0 Å². The number of aryl methyl sites for hydroxylation is 2. The van der Waals surface area contributed by atoms with Crippen molar-refractivity contribution in [3.63, 3.8) is 0 Å². The van der Waals surface area contributed by atoms with Crippen LogP contribution >= 0.6 is 15.9 Å². The number of methoxy groups -OCH3 is 1. The standard InChI is InChI=1S/C10H11BrO2/c1-6-5-9(13-3)7(2)4-8(6)10(11)12/h4-5H,1-3H3. The molecule has 0 saturated carbocycles. The number of carbonyl (C=O) groups excluding carboxylic acids is 1. The van der Waals surface area contributed by atoms with Gasteiger partial charge in [-0.05, 0) is 53.0 Å². The van der Waals surface area contributed by atoms with E-state index in [1.54, 1.807) is 7.11 Å². The zero-order valence-electron chi connectivity index (χ0n) is 7.85. The summed E-state index contributed by atoms with van der Waals surface area (Å²) in [6.07, 6.45) is 0. The molecule has 3 heteroatoms. The summed E-state index contributed by atoms with van der Waals surface area (Å²) in [5, 5.41) is 0. The van der Waals surface area contributed by atoms with E-state index < -0.39 is 0 Å². The van der Waals surface area contributed by atoms with Gasteiger partial charge in [0.2, 0.25) is 4.69 Å². The molecule has 0 amide bonds. The number of ether oxygens (including phenoxy) is 1. The third-order valence-corrected chi connectivity index (χ3v) is 2.38. The molecule has 0 radical (unpaired) electrons. The summed E-state index contributed by atoms with van der Waals surface area (Å²) in [4.78, 5) is 11.1. The van der Waals surface area contributed by atoms with Crippen LogP contribution in [0, 0.1) is 13.8 Å². The quantitative estimate of drug-likeness (QED) is 0.746. The predicted molar refractivity (Wildman–Crippen MR) is 55.7 cm³/mol. The first-order chi connectivity index (χ1) is 6.06. The van der Waals surface area contributed by atoms with Crippen LogP contribution in [0.15, 0.2) is 12.1 Å². The maximum atomic E-state index is 11.1. The SMILES string of the molecule is COc1cc(C)c(C(=O)Br)cc1C. The van der Waals surface area contributed by atoms with Gasteiger partial charge in [0.15, 0.2) is 0 Å². The Hall–Kier alpha value is -0.830. The highest BCUT2D eigenvalue weighted by Gasteiger charge is 2.08. The fourth-order valence-corrected chi connectivity index (χ4v) is 1.65. The predicted octanol–water partition coefficient (Wildman–Crippen LogP) is 2.85. The van der Waals surface area contributed by atoms with Crippen LogP contribution in [0.3, 0.4) is 0 Å². The van der Waals surface area contributed by atoms with E-state index in [0.29, 0.717) is 5.56 Å². The van der Waals surface area contributed by atoms with Crippen molar-refractivity contribution in [3.05, 3.63) is 28.8 Å². The summed E-state index contributed by atoms with van der Waals surface area (Å²) in [7, 11) is 1.62. The number of rotatable bonds is 2. The molecule has 1 aromatic rings. The molecule has 0 spiro atoms. The second-order valence-electron chi connectivity index (χ2n) is 2.91. The maximum Gasteiger partial charge on any atom is 0.228 e. The van der Waals surface area contributed by atoms with Gasteiger partial charge in [0.25, 0.3) is 0 Å². The Bertz CT molecular complexity index is 345. The molecule has 0 aromatic heterocycles. The van der Waals surface area contributed by atoms with Crippen LogP contribution in [-0.4, -0.2) is 11.8 Å². The summed E-state index contributed by atoms with van der Waals surface area (Å²) in [5.74, 6) is 0.815. The second kappa shape index (κ2) is 3.92. The van der Waals surface area contributed by atoms with E-state index in [0.717, 1.165) is 16.9 Å². The highest BCUT2D eigenvalue weighted by atomic mass is 79.9. The van der Waals surface area contributed by atoms with Gasteiger partial charge < -0.3 is 4.74 Å². The Labute approximate surface area is 86.0 Å². The van der Waals surface area contributed by atoms with Crippen LogP contribution in [0.2, 0.25) is 0 Å². The second-order valence-corrected chi connectivity index (χ2v) is 3.63. The zero-order valence-corrected chi connectivity index (χ0v) is 9.44.